The molecule has 2 fully saturated rings. The van der Waals surface area contributed by atoms with Crippen LogP contribution in [0, 0.1) is 11.7 Å². The van der Waals surface area contributed by atoms with Crippen molar-refractivity contribution in [2.24, 2.45) is 5.92 Å². The third-order valence-electron chi connectivity index (χ3n) is 4.89. The van der Waals surface area contributed by atoms with E-state index in [9.17, 15) is 17.6 Å². The Bertz CT molecular complexity index is 723. The molecule has 1 N–H and O–H groups in total. The lowest BCUT2D eigenvalue weighted by Crippen LogP contribution is -2.49. The molecule has 3 rings (SSSR count). The van der Waals surface area contributed by atoms with Crippen LogP contribution in [-0.4, -0.2) is 45.1 Å². The highest BCUT2D eigenvalue weighted by Gasteiger charge is 2.33. The lowest BCUT2D eigenvalue weighted by molar-refractivity contribution is 0.0244. The first-order valence-corrected chi connectivity index (χ1v) is 10.2. The van der Waals surface area contributed by atoms with E-state index in [0.717, 1.165) is 56.6 Å². The van der Waals surface area contributed by atoms with Gasteiger partial charge in [-0.25, -0.2) is 9.18 Å². The molecule has 0 spiro atoms. The second-order valence-electron chi connectivity index (χ2n) is 6.69. The number of piperidine rings is 2. The highest BCUT2D eigenvalue weighted by atomic mass is 32.2. The summed E-state index contributed by atoms with van der Waals surface area (Å²) in [7, 11) is -4.38. The fraction of sp³-hybridized carbons (Fsp3) is 0.588. The second kappa shape index (κ2) is 8.22. The van der Waals surface area contributed by atoms with E-state index in [1.54, 1.807) is 4.72 Å². The van der Waals surface area contributed by atoms with Crippen LogP contribution in [0.1, 0.15) is 32.1 Å². The number of nitrogens with zero attached hydrogens (tertiary/aromatic N) is 1. The fourth-order valence-electron chi connectivity index (χ4n) is 3.72. The average molecular weight is 386 g/mol. The Balaban J connectivity index is 1.49. The van der Waals surface area contributed by atoms with Crippen LogP contribution in [0.2, 0.25) is 0 Å². The molecule has 2 aliphatic rings. The van der Waals surface area contributed by atoms with Gasteiger partial charge in [0.15, 0.2) is 0 Å². The van der Waals surface area contributed by atoms with Crippen molar-refractivity contribution in [3.05, 3.63) is 30.1 Å². The third kappa shape index (κ3) is 5.07. The lowest BCUT2D eigenvalue weighted by atomic mass is 9.84. The molecule has 0 aliphatic carbocycles. The van der Waals surface area contributed by atoms with E-state index in [1.165, 1.54) is 12.8 Å². The van der Waals surface area contributed by atoms with Crippen LogP contribution in [0.4, 0.5) is 9.18 Å². The topological polar surface area (TPSA) is 84.9 Å². The number of hydrogen-bond acceptors (Lipinski definition) is 6. The van der Waals surface area contributed by atoms with E-state index in [-0.39, 0.29) is 18.3 Å². The van der Waals surface area contributed by atoms with Crippen molar-refractivity contribution in [2.45, 2.75) is 38.1 Å². The van der Waals surface area contributed by atoms with E-state index >= 15 is 0 Å². The molecule has 0 bridgehead atoms. The van der Waals surface area contributed by atoms with E-state index in [1.807, 2.05) is 0 Å². The predicted octanol–water partition coefficient (Wildman–Crippen LogP) is 2.44. The summed E-state index contributed by atoms with van der Waals surface area (Å²) < 4.78 is 48.0. The Labute approximate surface area is 152 Å². The van der Waals surface area contributed by atoms with Gasteiger partial charge in [-0.3, -0.25) is 4.90 Å². The van der Waals surface area contributed by atoms with Gasteiger partial charge in [-0.15, -0.1) is 0 Å². The van der Waals surface area contributed by atoms with Gasteiger partial charge in [0.05, 0.1) is 6.61 Å². The highest BCUT2D eigenvalue weighted by Crippen LogP contribution is 2.31. The second-order valence-corrected chi connectivity index (χ2v) is 7.97. The van der Waals surface area contributed by atoms with Crippen molar-refractivity contribution in [1.29, 1.82) is 0 Å². The zero-order valence-electron chi connectivity index (χ0n) is 14.4. The normalized spacial score (nSPS) is 23.7. The Morgan fingerprint density at radius 3 is 2.65 bits per heavy atom. The van der Waals surface area contributed by atoms with Gasteiger partial charge in [0.2, 0.25) is 0 Å². The minimum Gasteiger partial charge on any atom is -0.448 e. The van der Waals surface area contributed by atoms with E-state index in [0.29, 0.717) is 6.04 Å². The molecule has 2 atom stereocenters. The van der Waals surface area contributed by atoms with E-state index < -0.39 is 22.2 Å². The van der Waals surface area contributed by atoms with Crippen LogP contribution < -0.4 is 8.91 Å². The fourth-order valence-corrected chi connectivity index (χ4v) is 4.39. The number of nitrogens with one attached hydrogen (secondary N) is 1. The van der Waals surface area contributed by atoms with Crippen LogP contribution in [0.25, 0.3) is 0 Å². The number of ether oxygens (including phenoxy) is 1. The molecule has 0 saturated carbocycles. The van der Waals surface area contributed by atoms with Crippen molar-refractivity contribution in [3.8, 4) is 5.75 Å². The Kier molecular flexibility index (Phi) is 5.98. The molecule has 9 heteroatoms. The Morgan fingerprint density at radius 1 is 1.15 bits per heavy atom. The SMILES string of the molecule is O=C(NS(=O)(=O)Oc1ccc(F)cc1)OC[C@@H]1CCCN2CCCCC12. The van der Waals surface area contributed by atoms with Gasteiger partial charge in [0.25, 0.3) is 0 Å². The Hall–Kier alpha value is -1.87. The first-order valence-electron chi connectivity index (χ1n) is 8.81. The minimum absolute atomic E-state index is 0.100. The van der Waals surface area contributed by atoms with Crippen LogP contribution in [-0.2, 0) is 15.0 Å². The van der Waals surface area contributed by atoms with E-state index in [2.05, 4.69) is 4.90 Å². The lowest BCUT2D eigenvalue weighted by Gasteiger charge is -2.44. The minimum atomic E-state index is -4.38. The first kappa shape index (κ1) is 18.9. The molecule has 2 heterocycles. The number of carbonyl (C=O) groups is 1. The standard InChI is InChI=1S/C17H23FN2O5S/c18-14-6-8-15(9-7-14)25-26(22,23)19-17(21)24-12-13-4-3-11-20-10-2-1-5-16(13)20/h6-9,13,16H,1-5,10-12H2,(H,19,21)/t13-,16?/m0/s1. The summed E-state index contributed by atoms with van der Waals surface area (Å²) in [6, 6.07) is 4.82. The molecule has 1 amide bonds. The third-order valence-corrected chi connectivity index (χ3v) is 5.71. The summed E-state index contributed by atoms with van der Waals surface area (Å²) in [4.78, 5) is 14.3. The van der Waals surface area contributed by atoms with E-state index in [4.69, 9.17) is 8.92 Å². The van der Waals surface area contributed by atoms with Crippen LogP contribution in [0.3, 0.4) is 0 Å². The first-order chi connectivity index (χ1) is 12.4. The van der Waals surface area contributed by atoms with Crippen molar-refractivity contribution < 1.29 is 26.5 Å². The molecule has 1 unspecified atom stereocenters. The highest BCUT2D eigenvalue weighted by molar-refractivity contribution is 7.85. The average Bonchev–Trinajstić information content (AvgIpc) is 2.61. The zero-order chi connectivity index (χ0) is 18.6. The summed E-state index contributed by atoms with van der Waals surface area (Å²) in [5.41, 5.74) is 0. The molecule has 1 aromatic rings. The molecule has 2 saturated heterocycles. The van der Waals surface area contributed by atoms with Gasteiger partial charge in [0.1, 0.15) is 11.6 Å². The summed E-state index contributed by atoms with van der Waals surface area (Å²) in [6.07, 6.45) is 4.40. The summed E-state index contributed by atoms with van der Waals surface area (Å²) in [6.45, 7) is 2.33. The number of rotatable bonds is 5. The molecule has 2 aliphatic heterocycles. The maximum Gasteiger partial charge on any atom is 0.423 e. The number of hydrogen-bond donors (Lipinski definition) is 1. The van der Waals surface area contributed by atoms with Crippen molar-refractivity contribution in [2.75, 3.05) is 19.7 Å². The van der Waals surface area contributed by atoms with Crippen molar-refractivity contribution >= 4 is 16.4 Å². The van der Waals surface area contributed by atoms with Crippen LogP contribution in [0.15, 0.2) is 24.3 Å². The molecule has 7 nitrogen and oxygen atoms in total. The quantitative estimate of drug-likeness (QED) is 0.837. The largest absolute Gasteiger partial charge is 0.448 e. The molecule has 0 aromatic heterocycles. The van der Waals surface area contributed by atoms with Crippen LogP contribution in [0.5, 0.6) is 5.75 Å². The van der Waals surface area contributed by atoms with Gasteiger partial charge in [-0.2, -0.15) is 13.1 Å². The molecule has 26 heavy (non-hydrogen) atoms. The summed E-state index contributed by atoms with van der Waals surface area (Å²) in [5.74, 6) is -0.404. The van der Waals surface area contributed by atoms with Crippen molar-refractivity contribution in [1.82, 2.24) is 9.62 Å². The molecular formula is C17H23FN2O5S. The molecule has 144 valence electrons. The number of fused-ring (bicyclic) bond motifs is 1. The number of carbonyl (C=O) groups excluding carboxylic acids is 1. The molecular weight excluding hydrogens is 363 g/mol. The zero-order valence-corrected chi connectivity index (χ0v) is 15.2. The number of halogens is 1. The number of benzene rings is 1. The number of amides is 1. The smallest absolute Gasteiger partial charge is 0.423 e. The summed E-state index contributed by atoms with van der Waals surface area (Å²) >= 11 is 0. The maximum atomic E-state index is 12.8. The molecule has 1 aromatic carbocycles. The Morgan fingerprint density at radius 2 is 1.88 bits per heavy atom. The maximum absolute atomic E-state index is 12.8. The van der Waals surface area contributed by atoms with Gasteiger partial charge >= 0.3 is 16.4 Å². The van der Waals surface area contributed by atoms with Crippen molar-refractivity contribution in [3.63, 3.8) is 0 Å². The predicted molar refractivity (Wildman–Crippen MR) is 92.4 cm³/mol. The van der Waals surface area contributed by atoms with Gasteiger partial charge in [0, 0.05) is 12.0 Å². The molecule has 0 radical (unpaired) electrons. The van der Waals surface area contributed by atoms with Gasteiger partial charge < -0.3 is 8.92 Å². The van der Waals surface area contributed by atoms with Gasteiger partial charge in [-0.05, 0) is 63.0 Å². The van der Waals surface area contributed by atoms with Gasteiger partial charge in [-0.1, -0.05) is 6.42 Å². The monoisotopic (exact) mass is 386 g/mol. The van der Waals surface area contributed by atoms with Crippen LogP contribution >= 0.6 is 0 Å². The summed E-state index contributed by atoms with van der Waals surface area (Å²) in [5, 5.41) is 0.